The first kappa shape index (κ1) is 21.1. The van der Waals surface area contributed by atoms with Gasteiger partial charge < -0.3 is 16.0 Å². The van der Waals surface area contributed by atoms with Gasteiger partial charge in [-0.25, -0.2) is 4.39 Å². The Kier molecular flexibility index (Phi) is 8.02. The maximum Gasteiger partial charge on any atom is 0.243 e. The fourth-order valence-corrected chi connectivity index (χ4v) is 3.14. The van der Waals surface area contributed by atoms with Crippen molar-refractivity contribution >= 4 is 41.5 Å². The van der Waals surface area contributed by atoms with Gasteiger partial charge in [-0.2, -0.15) is 0 Å². The molecule has 0 aromatic heterocycles. The smallest absolute Gasteiger partial charge is 0.243 e. The first-order valence-corrected chi connectivity index (χ1v) is 8.73. The van der Waals surface area contributed by atoms with E-state index < -0.39 is 0 Å². The molecule has 0 saturated carbocycles. The number of benzene rings is 2. The van der Waals surface area contributed by atoms with Crippen LogP contribution >= 0.6 is 24.0 Å². The van der Waals surface area contributed by atoms with Gasteiger partial charge in [-0.15, -0.1) is 24.0 Å². The Hall–Kier alpha value is -2.16. The van der Waals surface area contributed by atoms with Gasteiger partial charge in [0, 0.05) is 18.8 Å². The molecule has 1 unspecified atom stereocenters. The number of aliphatic imine (C=N–C) groups is 1. The number of carbonyl (C=O) groups is 1. The SMILES string of the molecule is CN=C(NCC(=O)Nc1cccc(F)c1)NC1CCc2ccccc2C1.I. The second kappa shape index (κ2) is 10.2. The van der Waals surface area contributed by atoms with Crippen LogP contribution in [0.2, 0.25) is 0 Å². The van der Waals surface area contributed by atoms with Crippen LogP contribution in [0.3, 0.4) is 0 Å². The molecule has 1 atom stereocenters. The molecule has 0 fully saturated rings. The third kappa shape index (κ3) is 6.20. The number of nitrogens with one attached hydrogen (secondary N) is 3. The lowest BCUT2D eigenvalue weighted by atomic mass is 9.88. The van der Waals surface area contributed by atoms with Gasteiger partial charge in [0.05, 0.1) is 6.54 Å². The van der Waals surface area contributed by atoms with Crippen LogP contribution in [-0.4, -0.2) is 31.5 Å². The van der Waals surface area contributed by atoms with E-state index in [0.29, 0.717) is 11.6 Å². The van der Waals surface area contributed by atoms with Crippen molar-refractivity contribution in [1.82, 2.24) is 10.6 Å². The van der Waals surface area contributed by atoms with Gasteiger partial charge in [-0.05, 0) is 48.6 Å². The van der Waals surface area contributed by atoms with E-state index in [9.17, 15) is 9.18 Å². The van der Waals surface area contributed by atoms with E-state index in [-0.39, 0.29) is 48.3 Å². The highest BCUT2D eigenvalue weighted by molar-refractivity contribution is 14.0. The summed E-state index contributed by atoms with van der Waals surface area (Å²) in [5, 5.41) is 9.04. The van der Waals surface area contributed by atoms with Crippen LogP contribution in [0.5, 0.6) is 0 Å². The molecule has 0 aliphatic heterocycles. The molecule has 0 saturated heterocycles. The molecule has 0 heterocycles. The van der Waals surface area contributed by atoms with Crippen LogP contribution in [0, 0.1) is 5.82 Å². The van der Waals surface area contributed by atoms with Crippen molar-refractivity contribution in [3.8, 4) is 0 Å². The Labute approximate surface area is 175 Å². The van der Waals surface area contributed by atoms with Crippen LogP contribution in [0.1, 0.15) is 17.5 Å². The lowest BCUT2D eigenvalue weighted by Crippen LogP contribution is -2.47. The summed E-state index contributed by atoms with van der Waals surface area (Å²) >= 11 is 0. The predicted octanol–water partition coefficient (Wildman–Crippen LogP) is 3.10. The number of fused-ring (bicyclic) bond motifs is 1. The van der Waals surface area contributed by atoms with Gasteiger partial charge in [0.2, 0.25) is 5.91 Å². The molecular formula is C20H24FIN4O. The van der Waals surface area contributed by atoms with Crippen LogP contribution < -0.4 is 16.0 Å². The molecule has 7 heteroatoms. The summed E-state index contributed by atoms with van der Waals surface area (Å²) in [6.45, 7) is 0.0551. The van der Waals surface area contributed by atoms with E-state index in [1.165, 1.54) is 23.3 Å². The van der Waals surface area contributed by atoms with E-state index >= 15 is 0 Å². The van der Waals surface area contributed by atoms with Gasteiger partial charge in [-0.1, -0.05) is 30.3 Å². The van der Waals surface area contributed by atoms with Gasteiger partial charge >= 0.3 is 0 Å². The summed E-state index contributed by atoms with van der Waals surface area (Å²) < 4.78 is 13.2. The number of anilines is 1. The molecule has 2 aromatic carbocycles. The Morgan fingerprint density at radius 2 is 1.96 bits per heavy atom. The van der Waals surface area contributed by atoms with E-state index in [1.54, 1.807) is 19.2 Å². The zero-order chi connectivity index (χ0) is 18.4. The van der Waals surface area contributed by atoms with E-state index in [0.717, 1.165) is 19.3 Å². The zero-order valence-corrected chi connectivity index (χ0v) is 17.5. The predicted molar refractivity (Wildman–Crippen MR) is 117 cm³/mol. The lowest BCUT2D eigenvalue weighted by molar-refractivity contribution is -0.115. The number of nitrogens with zero attached hydrogens (tertiary/aromatic N) is 1. The van der Waals surface area contributed by atoms with Crippen molar-refractivity contribution < 1.29 is 9.18 Å². The second-order valence-corrected chi connectivity index (χ2v) is 6.34. The molecule has 0 spiro atoms. The summed E-state index contributed by atoms with van der Waals surface area (Å²) in [6.07, 6.45) is 2.99. The van der Waals surface area contributed by atoms with Gasteiger partial charge in [0.25, 0.3) is 0 Å². The van der Waals surface area contributed by atoms with E-state index in [2.05, 4.69) is 45.2 Å². The number of hydrogen-bond donors (Lipinski definition) is 3. The molecular weight excluding hydrogens is 458 g/mol. The summed E-state index contributed by atoms with van der Waals surface area (Å²) in [5.41, 5.74) is 3.20. The first-order valence-electron chi connectivity index (χ1n) is 8.73. The first-order chi connectivity index (χ1) is 12.6. The normalized spacial score (nSPS) is 15.9. The van der Waals surface area contributed by atoms with Crippen molar-refractivity contribution in [2.24, 2.45) is 4.99 Å². The maximum atomic E-state index is 13.2. The number of carbonyl (C=O) groups excluding carboxylic acids is 1. The third-order valence-corrected chi connectivity index (χ3v) is 4.44. The summed E-state index contributed by atoms with van der Waals surface area (Å²) in [7, 11) is 1.68. The van der Waals surface area contributed by atoms with Gasteiger partial charge in [0.1, 0.15) is 5.82 Å². The molecule has 0 bridgehead atoms. The minimum absolute atomic E-state index is 0. The highest BCUT2D eigenvalue weighted by Gasteiger charge is 2.19. The fraction of sp³-hybridized carbons (Fsp3) is 0.300. The van der Waals surface area contributed by atoms with Crippen molar-refractivity contribution in [3.05, 3.63) is 65.5 Å². The second-order valence-electron chi connectivity index (χ2n) is 6.34. The van der Waals surface area contributed by atoms with E-state index in [4.69, 9.17) is 0 Å². The standard InChI is InChI=1S/C20H23FN4O.HI/c1-22-20(23-13-19(26)24-17-8-4-7-16(21)12-17)25-18-10-9-14-5-2-3-6-15(14)11-18;/h2-8,12,18H,9-11,13H2,1H3,(H,24,26)(H2,22,23,25);1H. The Balaban J connectivity index is 0.00000261. The van der Waals surface area contributed by atoms with Crippen LogP contribution in [0.25, 0.3) is 0 Å². The molecule has 1 amide bonds. The molecule has 2 aromatic rings. The Morgan fingerprint density at radius 1 is 1.19 bits per heavy atom. The van der Waals surface area contributed by atoms with Crippen LogP contribution in [-0.2, 0) is 17.6 Å². The maximum absolute atomic E-state index is 13.2. The fourth-order valence-electron chi connectivity index (χ4n) is 3.14. The molecule has 5 nitrogen and oxygen atoms in total. The molecule has 0 radical (unpaired) electrons. The van der Waals surface area contributed by atoms with Crippen molar-refractivity contribution in [1.29, 1.82) is 0 Å². The summed E-state index contributed by atoms with van der Waals surface area (Å²) in [6, 6.07) is 14.6. The monoisotopic (exact) mass is 482 g/mol. The average Bonchev–Trinajstić information content (AvgIpc) is 2.65. The third-order valence-electron chi connectivity index (χ3n) is 4.44. The Morgan fingerprint density at radius 3 is 2.70 bits per heavy atom. The minimum atomic E-state index is -0.384. The average molecular weight is 482 g/mol. The van der Waals surface area contributed by atoms with Crippen molar-refractivity contribution in [2.75, 3.05) is 18.9 Å². The van der Waals surface area contributed by atoms with Gasteiger partial charge in [0.15, 0.2) is 5.96 Å². The number of rotatable bonds is 4. The highest BCUT2D eigenvalue weighted by Crippen LogP contribution is 2.20. The molecule has 27 heavy (non-hydrogen) atoms. The summed E-state index contributed by atoms with van der Waals surface area (Å²) in [4.78, 5) is 16.2. The largest absolute Gasteiger partial charge is 0.353 e. The van der Waals surface area contributed by atoms with Crippen molar-refractivity contribution in [3.63, 3.8) is 0 Å². The number of guanidine groups is 1. The molecule has 3 rings (SSSR count). The molecule has 1 aliphatic carbocycles. The molecule has 1 aliphatic rings. The van der Waals surface area contributed by atoms with Crippen LogP contribution in [0.15, 0.2) is 53.5 Å². The van der Waals surface area contributed by atoms with Gasteiger partial charge in [-0.3, -0.25) is 9.79 Å². The summed E-state index contributed by atoms with van der Waals surface area (Å²) in [5.74, 6) is -0.0536. The lowest BCUT2D eigenvalue weighted by Gasteiger charge is -2.27. The van der Waals surface area contributed by atoms with E-state index in [1.807, 2.05) is 0 Å². The topological polar surface area (TPSA) is 65.5 Å². The van der Waals surface area contributed by atoms with Crippen LogP contribution in [0.4, 0.5) is 10.1 Å². The molecule has 3 N–H and O–H groups in total. The number of hydrogen-bond acceptors (Lipinski definition) is 2. The quantitative estimate of drug-likeness (QED) is 0.357. The zero-order valence-electron chi connectivity index (χ0n) is 15.2. The van der Waals surface area contributed by atoms with Crippen molar-refractivity contribution in [2.45, 2.75) is 25.3 Å². The number of aryl methyl sites for hydroxylation is 1. The highest BCUT2D eigenvalue weighted by atomic mass is 127. The number of amides is 1. The molecule has 144 valence electrons. The minimum Gasteiger partial charge on any atom is -0.353 e. The number of halogens is 2. The Bertz CT molecular complexity index is 812.